The van der Waals surface area contributed by atoms with E-state index in [0.717, 1.165) is 56.0 Å². The summed E-state index contributed by atoms with van der Waals surface area (Å²) in [6.07, 6.45) is 2.56. The van der Waals surface area contributed by atoms with Crippen LogP contribution in [0.1, 0.15) is 43.0 Å². The minimum absolute atomic E-state index is 0.542. The quantitative estimate of drug-likeness (QED) is 0.818. The molecule has 0 amide bonds. The molecule has 5 nitrogen and oxygen atoms in total. The highest BCUT2D eigenvalue weighted by atomic mass is 32.1. The number of aryl methyl sites for hydroxylation is 2. The zero-order valence-corrected chi connectivity index (χ0v) is 17.2. The van der Waals surface area contributed by atoms with Crippen molar-refractivity contribution in [2.45, 2.75) is 53.1 Å². The van der Waals surface area contributed by atoms with Crippen molar-refractivity contribution in [3.8, 4) is 0 Å². The predicted octanol–water partition coefficient (Wildman–Crippen LogP) is 3.77. The number of aromatic nitrogens is 2. The van der Waals surface area contributed by atoms with E-state index in [1.165, 1.54) is 34.5 Å². The highest BCUT2D eigenvalue weighted by molar-refractivity contribution is 7.18. The van der Waals surface area contributed by atoms with Crippen LogP contribution >= 0.6 is 11.3 Å². The first kappa shape index (κ1) is 18.1. The predicted molar refractivity (Wildman–Crippen MR) is 108 cm³/mol. The number of nitrogens with zero attached hydrogens (tertiary/aromatic N) is 4. The minimum Gasteiger partial charge on any atom is -0.379 e. The number of hydrogen-bond acceptors (Lipinski definition) is 6. The molecule has 142 valence electrons. The van der Waals surface area contributed by atoms with E-state index in [1.807, 2.05) is 11.3 Å². The van der Waals surface area contributed by atoms with Gasteiger partial charge in [-0.15, -0.1) is 11.3 Å². The van der Waals surface area contributed by atoms with Gasteiger partial charge in [0.1, 0.15) is 16.5 Å². The largest absolute Gasteiger partial charge is 0.379 e. The molecule has 2 aromatic heterocycles. The molecule has 0 spiro atoms. The first-order valence-electron chi connectivity index (χ1n) is 9.86. The molecule has 4 rings (SSSR count). The fraction of sp³-hybridized carbons (Fsp3) is 0.700. The Morgan fingerprint density at radius 2 is 1.88 bits per heavy atom. The van der Waals surface area contributed by atoms with Gasteiger partial charge in [-0.25, -0.2) is 9.97 Å². The molecule has 2 aliphatic heterocycles. The molecule has 2 atom stereocenters. The van der Waals surface area contributed by atoms with Crippen LogP contribution in [0.25, 0.3) is 10.2 Å². The summed E-state index contributed by atoms with van der Waals surface area (Å²) in [7, 11) is 0. The summed E-state index contributed by atoms with van der Waals surface area (Å²) in [5, 5.41) is 1.28. The fourth-order valence-electron chi connectivity index (χ4n) is 4.09. The summed E-state index contributed by atoms with van der Waals surface area (Å²) >= 11 is 1.81. The lowest BCUT2D eigenvalue weighted by Crippen LogP contribution is -2.42. The number of hydrogen-bond donors (Lipinski definition) is 0. The molecule has 0 saturated carbocycles. The highest BCUT2D eigenvalue weighted by Crippen LogP contribution is 2.37. The van der Waals surface area contributed by atoms with Crippen molar-refractivity contribution in [3.63, 3.8) is 0 Å². The maximum atomic E-state index is 5.48. The van der Waals surface area contributed by atoms with Gasteiger partial charge in [-0.2, -0.15) is 0 Å². The number of piperidine rings is 1. The van der Waals surface area contributed by atoms with Gasteiger partial charge >= 0.3 is 0 Å². The fourth-order valence-corrected chi connectivity index (χ4v) is 5.14. The van der Waals surface area contributed by atoms with Crippen molar-refractivity contribution in [1.82, 2.24) is 14.9 Å². The average Bonchev–Trinajstić information content (AvgIpc) is 2.91. The first-order chi connectivity index (χ1) is 12.5. The Morgan fingerprint density at radius 3 is 2.65 bits per heavy atom. The number of anilines is 1. The van der Waals surface area contributed by atoms with Gasteiger partial charge < -0.3 is 9.64 Å². The summed E-state index contributed by atoms with van der Waals surface area (Å²) in [4.78, 5) is 17.5. The first-order valence-corrected chi connectivity index (χ1v) is 10.7. The minimum atomic E-state index is 0.542. The van der Waals surface area contributed by atoms with E-state index in [9.17, 15) is 0 Å². The standard InChI is InChI=1S/C20H30N4OS/c1-13-5-6-14(2)24(11-13)19-18-15(3)16(4)26-20(18)22-17(21-19)12-23-7-9-25-10-8-23/h13-14H,5-12H2,1-4H3. The van der Waals surface area contributed by atoms with Crippen molar-refractivity contribution in [2.75, 3.05) is 37.7 Å². The van der Waals surface area contributed by atoms with Gasteiger partial charge in [0.05, 0.1) is 25.1 Å². The molecule has 0 bridgehead atoms. The van der Waals surface area contributed by atoms with Gasteiger partial charge in [0, 0.05) is 30.6 Å². The lowest BCUT2D eigenvalue weighted by molar-refractivity contribution is 0.0331. The molecule has 2 aromatic rings. The summed E-state index contributed by atoms with van der Waals surface area (Å²) < 4.78 is 5.48. The molecule has 26 heavy (non-hydrogen) atoms. The van der Waals surface area contributed by atoms with Crippen LogP contribution in [0.2, 0.25) is 0 Å². The normalized spacial score (nSPS) is 25.2. The van der Waals surface area contributed by atoms with Crippen molar-refractivity contribution >= 4 is 27.4 Å². The van der Waals surface area contributed by atoms with Crippen LogP contribution < -0.4 is 4.90 Å². The van der Waals surface area contributed by atoms with Gasteiger partial charge in [0.2, 0.25) is 0 Å². The SMILES string of the molecule is Cc1sc2nc(CN3CCOCC3)nc(N3CC(C)CCC3C)c2c1C. The summed E-state index contributed by atoms with van der Waals surface area (Å²) in [6, 6.07) is 0.542. The molecule has 0 aromatic carbocycles. The summed E-state index contributed by atoms with van der Waals surface area (Å²) in [6.45, 7) is 14.6. The maximum absolute atomic E-state index is 5.48. The Bertz CT molecular complexity index is 784. The van der Waals surface area contributed by atoms with Gasteiger partial charge in [0.25, 0.3) is 0 Å². The van der Waals surface area contributed by atoms with Crippen LogP contribution in [0.4, 0.5) is 5.82 Å². The molecule has 4 heterocycles. The lowest BCUT2D eigenvalue weighted by atomic mass is 9.94. The zero-order valence-electron chi connectivity index (χ0n) is 16.4. The Hall–Kier alpha value is -1.24. The second kappa shape index (κ2) is 7.41. The van der Waals surface area contributed by atoms with E-state index >= 15 is 0 Å². The summed E-state index contributed by atoms with van der Waals surface area (Å²) in [5.74, 6) is 2.85. The van der Waals surface area contributed by atoms with E-state index in [-0.39, 0.29) is 0 Å². The third-order valence-corrected chi connectivity index (χ3v) is 7.02. The summed E-state index contributed by atoms with van der Waals surface area (Å²) in [5.41, 5.74) is 1.35. The van der Waals surface area contributed by atoms with Crippen LogP contribution in [0.3, 0.4) is 0 Å². The molecular formula is C20H30N4OS. The smallest absolute Gasteiger partial charge is 0.146 e. The van der Waals surface area contributed by atoms with Crippen molar-refractivity contribution in [2.24, 2.45) is 5.92 Å². The average molecular weight is 375 g/mol. The Kier molecular flexibility index (Phi) is 5.17. The highest BCUT2D eigenvalue weighted by Gasteiger charge is 2.28. The van der Waals surface area contributed by atoms with E-state index in [2.05, 4.69) is 37.5 Å². The number of ether oxygens (including phenoxy) is 1. The van der Waals surface area contributed by atoms with Crippen molar-refractivity contribution in [1.29, 1.82) is 0 Å². The number of thiophene rings is 1. The van der Waals surface area contributed by atoms with Crippen LogP contribution in [0.15, 0.2) is 0 Å². The molecule has 2 saturated heterocycles. The molecule has 2 fully saturated rings. The van der Waals surface area contributed by atoms with Gasteiger partial charge in [-0.1, -0.05) is 6.92 Å². The molecular weight excluding hydrogens is 344 g/mol. The monoisotopic (exact) mass is 374 g/mol. The number of rotatable bonds is 3. The van der Waals surface area contributed by atoms with Crippen molar-refractivity contribution in [3.05, 3.63) is 16.3 Å². The number of fused-ring (bicyclic) bond motifs is 1. The van der Waals surface area contributed by atoms with Crippen LogP contribution in [-0.2, 0) is 11.3 Å². The van der Waals surface area contributed by atoms with E-state index in [1.54, 1.807) is 0 Å². The number of morpholine rings is 1. The molecule has 0 radical (unpaired) electrons. The molecule has 6 heteroatoms. The second-order valence-electron chi connectivity index (χ2n) is 8.00. The molecule has 0 N–H and O–H groups in total. The Labute approximate surface area is 160 Å². The topological polar surface area (TPSA) is 41.5 Å². The molecule has 0 aliphatic carbocycles. The van der Waals surface area contributed by atoms with E-state index in [4.69, 9.17) is 14.7 Å². The van der Waals surface area contributed by atoms with Gasteiger partial charge in [0.15, 0.2) is 0 Å². The maximum Gasteiger partial charge on any atom is 0.146 e. The van der Waals surface area contributed by atoms with Crippen LogP contribution in [0, 0.1) is 19.8 Å². The van der Waals surface area contributed by atoms with Crippen LogP contribution in [-0.4, -0.2) is 53.8 Å². The Balaban J connectivity index is 1.75. The molecule has 2 aliphatic rings. The third-order valence-electron chi connectivity index (χ3n) is 5.91. The second-order valence-corrected chi connectivity index (χ2v) is 9.20. The Morgan fingerprint density at radius 1 is 1.12 bits per heavy atom. The van der Waals surface area contributed by atoms with E-state index in [0.29, 0.717) is 6.04 Å². The third kappa shape index (κ3) is 3.47. The van der Waals surface area contributed by atoms with Gasteiger partial charge in [-0.3, -0.25) is 4.90 Å². The molecule has 2 unspecified atom stereocenters. The van der Waals surface area contributed by atoms with Gasteiger partial charge in [-0.05, 0) is 45.1 Å². The van der Waals surface area contributed by atoms with Crippen LogP contribution in [0.5, 0.6) is 0 Å². The van der Waals surface area contributed by atoms with Crippen molar-refractivity contribution < 1.29 is 4.74 Å². The lowest BCUT2D eigenvalue weighted by Gasteiger charge is -2.38. The van der Waals surface area contributed by atoms with E-state index < -0.39 is 0 Å². The zero-order chi connectivity index (χ0) is 18.3.